The lowest BCUT2D eigenvalue weighted by Gasteiger charge is -2.17. The number of anilines is 1. The summed E-state index contributed by atoms with van der Waals surface area (Å²) < 4.78 is 1.54. The monoisotopic (exact) mass is 250 g/mol. The fourth-order valence-electron chi connectivity index (χ4n) is 1.92. The fraction of sp³-hybridized carbons (Fsp3) is 0.692. The van der Waals surface area contributed by atoms with E-state index in [9.17, 15) is 4.79 Å². The largest absolute Gasteiger partial charge is 0.381 e. The SMILES string of the molecule is CCN(CC)CCn1ncc(NC2CC2)cc1=O. The van der Waals surface area contributed by atoms with Crippen molar-refractivity contribution in [1.29, 1.82) is 0 Å². The highest BCUT2D eigenvalue weighted by molar-refractivity contribution is 5.41. The summed E-state index contributed by atoms with van der Waals surface area (Å²) in [5, 5.41) is 7.50. The topological polar surface area (TPSA) is 50.2 Å². The van der Waals surface area contributed by atoms with Gasteiger partial charge in [-0.15, -0.1) is 0 Å². The van der Waals surface area contributed by atoms with Crippen molar-refractivity contribution in [3.63, 3.8) is 0 Å². The summed E-state index contributed by atoms with van der Waals surface area (Å²) in [4.78, 5) is 14.2. The van der Waals surface area contributed by atoms with Gasteiger partial charge in [0.05, 0.1) is 18.4 Å². The van der Waals surface area contributed by atoms with Crippen LogP contribution >= 0.6 is 0 Å². The van der Waals surface area contributed by atoms with Crippen LogP contribution in [0.1, 0.15) is 26.7 Å². The highest BCUT2D eigenvalue weighted by atomic mass is 16.1. The van der Waals surface area contributed by atoms with Gasteiger partial charge in [-0.1, -0.05) is 13.8 Å². The Hall–Kier alpha value is -1.36. The number of nitrogens with zero attached hydrogens (tertiary/aromatic N) is 3. The Morgan fingerprint density at radius 2 is 2.17 bits per heavy atom. The second-order valence-electron chi connectivity index (χ2n) is 4.75. The molecule has 1 aliphatic rings. The zero-order valence-electron chi connectivity index (χ0n) is 11.2. The molecule has 0 saturated heterocycles. The van der Waals surface area contributed by atoms with Crippen LogP contribution in [0.15, 0.2) is 17.1 Å². The van der Waals surface area contributed by atoms with Gasteiger partial charge in [-0.2, -0.15) is 5.10 Å². The van der Waals surface area contributed by atoms with Gasteiger partial charge in [-0.05, 0) is 25.9 Å². The van der Waals surface area contributed by atoms with E-state index in [0.717, 1.165) is 25.3 Å². The van der Waals surface area contributed by atoms with Crippen molar-refractivity contribution < 1.29 is 0 Å². The normalized spacial score (nSPS) is 15.1. The number of nitrogens with one attached hydrogen (secondary N) is 1. The molecule has 0 amide bonds. The van der Waals surface area contributed by atoms with Crippen molar-refractivity contribution in [2.75, 3.05) is 25.0 Å². The molecule has 100 valence electrons. The number of hydrogen-bond acceptors (Lipinski definition) is 4. The molecule has 1 heterocycles. The van der Waals surface area contributed by atoms with Crippen molar-refractivity contribution in [3.05, 3.63) is 22.6 Å². The zero-order valence-corrected chi connectivity index (χ0v) is 11.2. The molecule has 1 aromatic rings. The van der Waals surface area contributed by atoms with Gasteiger partial charge in [0.15, 0.2) is 0 Å². The molecular formula is C13H22N4O. The third-order valence-electron chi connectivity index (χ3n) is 3.34. The van der Waals surface area contributed by atoms with Crippen LogP contribution in [0.2, 0.25) is 0 Å². The molecule has 5 heteroatoms. The fourth-order valence-corrected chi connectivity index (χ4v) is 1.92. The molecule has 0 unspecified atom stereocenters. The van der Waals surface area contributed by atoms with Crippen LogP contribution < -0.4 is 10.9 Å². The van der Waals surface area contributed by atoms with Crippen LogP contribution in [0.4, 0.5) is 5.69 Å². The van der Waals surface area contributed by atoms with Crippen LogP contribution in [0.3, 0.4) is 0 Å². The lowest BCUT2D eigenvalue weighted by molar-refractivity contribution is 0.282. The second kappa shape index (κ2) is 6.00. The van der Waals surface area contributed by atoms with Gasteiger partial charge in [0, 0.05) is 18.7 Å². The zero-order chi connectivity index (χ0) is 13.0. The average Bonchev–Trinajstić information content (AvgIpc) is 3.16. The molecule has 1 aliphatic carbocycles. The second-order valence-corrected chi connectivity index (χ2v) is 4.75. The summed E-state index contributed by atoms with van der Waals surface area (Å²) in [5.41, 5.74) is 0.828. The Balaban J connectivity index is 1.94. The van der Waals surface area contributed by atoms with Gasteiger partial charge < -0.3 is 10.2 Å². The van der Waals surface area contributed by atoms with Crippen molar-refractivity contribution in [1.82, 2.24) is 14.7 Å². The van der Waals surface area contributed by atoms with E-state index < -0.39 is 0 Å². The third-order valence-corrected chi connectivity index (χ3v) is 3.34. The smallest absolute Gasteiger partial charge is 0.268 e. The first kappa shape index (κ1) is 13.1. The molecule has 1 saturated carbocycles. The van der Waals surface area contributed by atoms with Crippen molar-refractivity contribution in [3.8, 4) is 0 Å². The predicted molar refractivity (Wildman–Crippen MR) is 72.9 cm³/mol. The molecule has 1 aromatic heterocycles. The first-order valence-electron chi connectivity index (χ1n) is 6.79. The number of hydrogen-bond donors (Lipinski definition) is 1. The molecule has 0 spiro atoms. The Morgan fingerprint density at radius 1 is 1.44 bits per heavy atom. The summed E-state index contributed by atoms with van der Waals surface area (Å²) in [7, 11) is 0. The van der Waals surface area contributed by atoms with E-state index in [1.54, 1.807) is 12.3 Å². The van der Waals surface area contributed by atoms with E-state index in [1.165, 1.54) is 17.5 Å². The quantitative estimate of drug-likeness (QED) is 0.789. The molecule has 5 nitrogen and oxygen atoms in total. The standard InChI is InChI=1S/C13H22N4O/c1-3-16(4-2)7-8-17-13(18)9-12(10-14-17)15-11-5-6-11/h9-11,15H,3-8H2,1-2H3. The molecule has 2 rings (SSSR count). The lowest BCUT2D eigenvalue weighted by Crippen LogP contribution is -2.32. The predicted octanol–water partition coefficient (Wildman–Crippen LogP) is 1.16. The Kier molecular flexibility index (Phi) is 4.36. The van der Waals surface area contributed by atoms with Gasteiger partial charge in [0.25, 0.3) is 5.56 Å². The summed E-state index contributed by atoms with van der Waals surface area (Å²) >= 11 is 0. The minimum absolute atomic E-state index is 0.0205. The molecule has 18 heavy (non-hydrogen) atoms. The first-order chi connectivity index (χ1) is 8.72. The van der Waals surface area contributed by atoms with E-state index in [4.69, 9.17) is 0 Å². The maximum atomic E-state index is 11.9. The van der Waals surface area contributed by atoms with Gasteiger partial charge in [0.1, 0.15) is 0 Å². The lowest BCUT2D eigenvalue weighted by atomic mass is 10.4. The van der Waals surface area contributed by atoms with E-state index in [2.05, 4.69) is 29.2 Å². The summed E-state index contributed by atoms with van der Waals surface area (Å²) in [6, 6.07) is 2.20. The van der Waals surface area contributed by atoms with Crippen LogP contribution in [0.25, 0.3) is 0 Å². The summed E-state index contributed by atoms with van der Waals surface area (Å²) in [5.74, 6) is 0. The minimum atomic E-state index is -0.0205. The maximum Gasteiger partial charge on any atom is 0.268 e. The summed E-state index contributed by atoms with van der Waals surface area (Å²) in [6.45, 7) is 7.80. The number of likely N-dealkylation sites (N-methyl/N-ethyl adjacent to an activating group) is 1. The minimum Gasteiger partial charge on any atom is -0.381 e. The molecule has 0 aromatic carbocycles. The van der Waals surface area contributed by atoms with Gasteiger partial charge >= 0.3 is 0 Å². The average molecular weight is 250 g/mol. The van der Waals surface area contributed by atoms with Crippen LogP contribution in [0, 0.1) is 0 Å². The highest BCUT2D eigenvalue weighted by Crippen LogP contribution is 2.23. The van der Waals surface area contributed by atoms with E-state index in [0.29, 0.717) is 12.6 Å². The third kappa shape index (κ3) is 3.57. The number of aromatic nitrogens is 2. The molecular weight excluding hydrogens is 228 g/mol. The molecule has 1 N–H and O–H groups in total. The van der Waals surface area contributed by atoms with Crippen LogP contribution in [0.5, 0.6) is 0 Å². The van der Waals surface area contributed by atoms with Crippen LogP contribution in [-0.2, 0) is 6.54 Å². The Bertz CT molecular complexity index is 435. The molecule has 0 atom stereocenters. The van der Waals surface area contributed by atoms with Gasteiger partial charge in [-0.3, -0.25) is 4.79 Å². The molecule has 1 fully saturated rings. The Labute approximate surface area is 108 Å². The molecule has 0 radical (unpaired) electrons. The van der Waals surface area contributed by atoms with Crippen molar-refractivity contribution in [2.45, 2.75) is 39.3 Å². The van der Waals surface area contributed by atoms with Crippen molar-refractivity contribution in [2.24, 2.45) is 0 Å². The maximum absolute atomic E-state index is 11.9. The first-order valence-corrected chi connectivity index (χ1v) is 6.79. The van der Waals surface area contributed by atoms with E-state index >= 15 is 0 Å². The summed E-state index contributed by atoms with van der Waals surface area (Å²) in [6.07, 6.45) is 4.15. The van der Waals surface area contributed by atoms with E-state index in [1.807, 2.05) is 0 Å². The van der Waals surface area contributed by atoms with Crippen molar-refractivity contribution >= 4 is 5.69 Å². The Morgan fingerprint density at radius 3 is 2.72 bits per heavy atom. The highest BCUT2D eigenvalue weighted by Gasteiger charge is 2.21. The molecule has 0 aliphatic heterocycles. The number of rotatable bonds is 7. The molecule has 0 bridgehead atoms. The van der Waals surface area contributed by atoms with Gasteiger partial charge in [-0.25, -0.2) is 4.68 Å². The van der Waals surface area contributed by atoms with Gasteiger partial charge in [0.2, 0.25) is 0 Å². The van der Waals surface area contributed by atoms with E-state index in [-0.39, 0.29) is 5.56 Å². The van der Waals surface area contributed by atoms with Crippen LogP contribution in [-0.4, -0.2) is 40.4 Å².